The summed E-state index contributed by atoms with van der Waals surface area (Å²) >= 11 is 0.781. The molecule has 0 amide bonds. The number of hydrogen-bond donors (Lipinski definition) is 2. The van der Waals surface area contributed by atoms with Crippen LogP contribution in [0.15, 0.2) is 33.9 Å². The second kappa shape index (κ2) is 5.70. The maximum absolute atomic E-state index is 13.3. The van der Waals surface area contributed by atoms with Crippen molar-refractivity contribution in [2.45, 2.75) is 4.21 Å². The van der Waals surface area contributed by atoms with E-state index in [1.165, 1.54) is 24.6 Å². The Kier molecular flexibility index (Phi) is 4.14. The van der Waals surface area contributed by atoms with E-state index >= 15 is 0 Å². The Balaban J connectivity index is 2.30. The van der Waals surface area contributed by atoms with Gasteiger partial charge in [-0.1, -0.05) is 0 Å². The van der Waals surface area contributed by atoms with E-state index < -0.39 is 21.8 Å². The Morgan fingerprint density at radius 3 is 2.67 bits per heavy atom. The molecule has 1 aromatic carbocycles. The highest BCUT2D eigenvalue weighted by atomic mass is 32.2. The van der Waals surface area contributed by atoms with Crippen LogP contribution in [0.2, 0.25) is 0 Å². The zero-order valence-corrected chi connectivity index (χ0v) is 12.3. The Morgan fingerprint density at radius 2 is 2.10 bits per heavy atom. The molecule has 0 atom stereocenters. The van der Waals surface area contributed by atoms with E-state index in [9.17, 15) is 17.6 Å². The number of methoxy groups -OCH3 is 1. The van der Waals surface area contributed by atoms with Gasteiger partial charge in [-0.2, -0.15) is 0 Å². The van der Waals surface area contributed by atoms with Crippen LogP contribution in [0.4, 0.5) is 10.1 Å². The fourth-order valence-corrected chi connectivity index (χ4v) is 3.70. The third kappa shape index (κ3) is 3.31. The molecule has 0 fully saturated rings. The first-order valence-electron chi connectivity index (χ1n) is 5.51. The predicted molar refractivity (Wildman–Crippen MR) is 75.0 cm³/mol. The number of carboxylic acids is 1. The first kappa shape index (κ1) is 15.3. The summed E-state index contributed by atoms with van der Waals surface area (Å²) < 4.78 is 44.3. The van der Waals surface area contributed by atoms with Crippen molar-refractivity contribution < 1.29 is 27.4 Å². The number of aromatic carboxylic acids is 1. The number of rotatable bonds is 5. The summed E-state index contributed by atoms with van der Waals surface area (Å²) in [5, 5.41) is 10.0. The normalized spacial score (nSPS) is 11.1. The van der Waals surface area contributed by atoms with Gasteiger partial charge in [-0.05, 0) is 18.2 Å². The van der Waals surface area contributed by atoms with Gasteiger partial charge < -0.3 is 9.84 Å². The van der Waals surface area contributed by atoms with Gasteiger partial charge in [-0.25, -0.2) is 17.6 Å². The first-order valence-corrected chi connectivity index (χ1v) is 7.88. The minimum Gasteiger partial charge on any atom is -0.494 e. The van der Waals surface area contributed by atoms with Crippen molar-refractivity contribution in [3.63, 3.8) is 0 Å². The molecular weight excluding hydrogens is 321 g/mol. The number of carboxylic acid groups (broad SMARTS) is 1. The molecule has 1 aromatic heterocycles. The second-order valence-electron chi connectivity index (χ2n) is 3.91. The average molecular weight is 331 g/mol. The molecule has 112 valence electrons. The highest BCUT2D eigenvalue weighted by molar-refractivity contribution is 7.94. The van der Waals surface area contributed by atoms with Crippen LogP contribution >= 0.6 is 11.3 Å². The first-order chi connectivity index (χ1) is 9.83. The smallest absolute Gasteiger partial charge is 0.336 e. The van der Waals surface area contributed by atoms with E-state index in [-0.39, 0.29) is 21.2 Å². The quantitative estimate of drug-likeness (QED) is 0.877. The molecule has 2 rings (SSSR count). The van der Waals surface area contributed by atoms with Crippen molar-refractivity contribution in [1.82, 2.24) is 0 Å². The molecule has 6 nitrogen and oxygen atoms in total. The monoisotopic (exact) mass is 331 g/mol. The second-order valence-corrected chi connectivity index (χ2v) is 6.73. The Morgan fingerprint density at radius 1 is 1.38 bits per heavy atom. The predicted octanol–water partition coefficient (Wildman–Crippen LogP) is 2.39. The van der Waals surface area contributed by atoms with Gasteiger partial charge in [0.2, 0.25) is 0 Å². The Hall–Kier alpha value is -2.13. The summed E-state index contributed by atoms with van der Waals surface area (Å²) in [6.45, 7) is 0. The fraction of sp³-hybridized carbons (Fsp3) is 0.0833. The minimum atomic E-state index is -3.94. The summed E-state index contributed by atoms with van der Waals surface area (Å²) in [5.74, 6) is -1.94. The maximum atomic E-state index is 13.3. The third-order valence-electron chi connectivity index (χ3n) is 2.49. The lowest BCUT2D eigenvalue weighted by Crippen LogP contribution is -2.11. The number of carbonyl (C=O) groups is 1. The largest absolute Gasteiger partial charge is 0.494 e. The standard InChI is InChI=1S/C12H10FNO5S2/c1-19-10-5-8(2-3-9(10)13)14-21(17,18)11-4-7(6-20-11)12(15)16/h2-6,14H,1H3,(H,15,16). The van der Waals surface area contributed by atoms with Crippen LogP contribution in [0.25, 0.3) is 0 Å². The number of anilines is 1. The lowest BCUT2D eigenvalue weighted by Gasteiger charge is -2.08. The molecule has 21 heavy (non-hydrogen) atoms. The topological polar surface area (TPSA) is 92.7 Å². The molecule has 1 heterocycles. The number of thiophene rings is 1. The molecule has 2 aromatic rings. The highest BCUT2D eigenvalue weighted by Crippen LogP contribution is 2.26. The van der Waals surface area contributed by atoms with E-state index in [4.69, 9.17) is 9.84 Å². The van der Waals surface area contributed by atoms with Gasteiger partial charge in [0.05, 0.1) is 18.4 Å². The minimum absolute atomic E-state index is 0.104. The zero-order valence-electron chi connectivity index (χ0n) is 10.7. The van der Waals surface area contributed by atoms with E-state index in [1.54, 1.807) is 0 Å². The lowest BCUT2D eigenvalue weighted by atomic mass is 10.3. The van der Waals surface area contributed by atoms with Crippen molar-refractivity contribution in [3.8, 4) is 5.75 Å². The van der Waals surface area contributed by atoms with E-state index in [0.29, 0.717) is 0 Å². The molecule has 0 radical (unpaired) electrons. The van der Waals surface area contributed by atoms with Crippen LogP contribution in [0.1, 0.15) is 10.4 Å². The van der Waals surface area contributed by atoms with Gasteiger partial charge in [0.1, 0.15) is 4.21 Å². The van der Waals surface area contributed by atoms with Crippen LogP contribution in [-0.2, 0) is 10.0 Å². The number of halogens is 1. The van der Waals surface area contributed by atoms with Crippen LogP contribution < -0.4 is 9.46 Å². The molecule has 0 saturated heterocycles. The molecule has 9 heteroatoms. The van der Waals surface area contributed by atoms with Crippen molar-refractivity contribution in [3.05, 3.63) is 41.0 Å². The molecular formula is C12H10FNO5S2. The Labute approximate surface area is 123 Å². The summed E-state index contributed by atoms with van der Waals surface area (Å²) in [5.41, 5.74) is -0.00409. The molecule has 0 aliphatic rings. The summed E-state index contributed by atoms with van der Waals surface area (Å²) in [4.78, 5) is 10.8. The van der Waals surface area contributed by atoms with E-state index in [1.807, 2.05) is 0 Å². The van der Waals surface area contributed by atoms with E-state index in [0.717, 1.165) is 23.5 Å². The van der Waals surface area contributed by atoms with Crippen LogP contribution in [0, 0.1) is 5.82 Å². The van der Waals surface area contributed by atoms with Gasteiger partial charge in [0, 0.05) is 11.4 Å². The van der Waals surface area contributed by atoms with Crippen LogP contribution in [0.5, 0.6) is 5.75 Å². The number of ether oxygens (including phenoxy) is 1. The number of hydrogen-bond acceptors (Lipinski definition) is 5. The van der Waals surface area contributed by atoms with Crippen LogP contribution in [0.3, 0.4) is 0 Å². The molecule has 0 saturated carbocycles. The van der Waals surface area contributed by atoms with Gasteiger partial charge >= 0.3 is 5.97 Å². The average Bonchev–Trinajstić information content (AvgIpc) is 2.91. The van der Waals surface area contributed by atoms with Crippen molar-refractivity contribution in [2.24, 2.45) is 0 Å². The summed E-state index contributed by atoms with van der Waals surface area (Å²) in [7, 11) is -2.68. The molecule has 0 spiro atoms. The number of benzene rings is 1. The van der Waals surface area contributed by atoms with Crippen molar-refractivity contribution in [1.29, 1.82) is 0 Å². The molecule has 0 bridgehead atoms. The zero-order chi connectivity index (χ0) is 15.6. The van der Waals surface area contributed by atoms with E-state index in [2.05, 4.69) is 4.72 Å². The molecule has 0 aliphatic carbocycles. The SMILES string of the molecule is COc1cc(NS(=O)(=O)c2cc(C(=O)O)cs2)ccc1F. The van der Waals surface area contributed by atoms with Gasteiger partial charge in [-0.15, -0.1) is 11.3 Å². The molecule has 2 N–H and O–H groups in total. The maximum Gasteiger partial charge on any atom is 0.336 e. The number of sulfonamides is 1. The van der Waals surface area contributed by atoms with Crippen molar-refractivity contribution >= 4 is 33.0 Å². The summed E-state index contributed by atoms with van der Waals surface area (Å²) in [6.07, 6.45) is 0. The van der Waals surface area contributed by atoms with Crippen molar-refractivity contribution in [2.75, 3.05) is 11.8 Å². The summed E-state index contributed by atoms with van der Waals surface area (Å²) in [6, 6.07) is 4.55. The lowest BCUT2D eigenvalue weighted by molar-refractivity contribution is 0.0697. The highest BCUT2D eigenvalue weighted by Gasteiger charge is 2.19. The third-order valence-corrected chi connectivity index (χ3v) is 5.31. The van der Waals surface area contributed by atoms with Crippen LogP contribution in [-0.4, -0.2) is 26.6 Å². The fourth-order valence-electron chi connectivity index (χ4n) is 1.50. The Bertz CT molecular complexity index is 785. The van der Waals surface area contributed by atoms with Gasteiger partial charge in [-0.3, -0.25) is 4.72 Å². The van der Waals surface area contributed by atoms with Gasteiger partial charge in [0.15, 0.2) is 11.6 Å². The molecule has 0 aliphatic heterocycles. The number of nitrogens with one attached hydrogen (secondary N) is 1. The van der Waals surface area contributed by atoms with Gasteiger partial charge in [0.25, 0.3) is 10.0 Å². The molecule has 0 unspecified atom stereocenters.